The lowest BCUT2D eigenvalue weighted by Gasteiger charge is -1.87. The van der Waals surface area contributed by atoms with Gasteiger partial charge in [0, 0.05) is 16.6 Å². The molecule has 6 heavy (non-hydrogen) atoms. The van der Waals surface area contributed by atoms with Crippen LogP contribution in [0, 0.1) is 4.61 Å². The molecule has 0 fully saturated rings. The molecular formula is C3H9NOS. The van der Waals surface area contributed by atoms with Gasteiger partial charge in [-0.15, -0.1) is 0 Å². The molecule has 1 unspecified atom stereocenters. The molecule has 0 aliphatic carbocycles. The summed E-state index contributed by atoms with van der Waals surface area (Å²) in [4.78, 5) is 0. The van der Waals surface area contributed by atoms with Gasteiger partial charge in [0.25, 0.3) is 0 Å². The fourth-order valence-electron chi connectivity index (χ4n) is 0.129. The van der Waals surface area contributed by atoms with Crippen LogP contribution in [0.1, 0.15) is 6.92 Å². The number of rotatable bonds is 0. The van der Waals surface area contributed by atoms with E-state index in [1.807, 2.05) is 6.92 Å². The Morgan fingerprint density at radius 2 is 2.33 bits per heavy atom. The maximum atomic E-state index is 8.51. The molecule has 0 amide bonds. The zero-order valence-corrected chi connectivity index (χ0v) is 4.90. The van der Waals surface area contributed by atoms with Crippen molar-refractivity contribution in [2.45, 2.75) is 6.92 Å². The number of nitrogens with zero attached hydrogens (tertiary/aromatic N) is 1. The first-order valence-electron chi connectivity index (χ1n) is 1.81. The monoisotopic (exact) mass is 107 g/mol. The Morgan fingerprint density at radius 3 is 2.33 bits per heavy atom. The summed E-state index contributed by atoms with van der Waals surface area (Å²) in [6, 6.07) is 0. The van der Waals surface area contributed by atoms with Crippen LogP contribution in [0.2, 0.25) is 0 Å². The minimum Gasteiger partial charge on any atom is -0.310 e. The molecular weight excluding hydrogens is 98.1 g/mol. The van der Waals surface area contributed by atoms with Crippen LogP contribution in [-0.4, -0.2) is 12.9 Å². The lowest BCUT2D eigenvalue weighted by Crippen LogP contribution is -1.68. The lowest BCUT2D eigenvalue weighted by atomic mass is 11.0. The van der Waals surface area contributed by atoms with E-state index in [0.717, 1.165) is 5.75 Å². The Balaban J connectivity index is 3.08. The lowest BCUT2D eigenvalue weighted by molar-refractivity contribution is 0.485. The number of hydrogen-bond acceptors (Lipinski definition) is 2. The highest BCUT2D eigenvalue weighted by Crippen LogP contribution is 2.02. The van der Waals surface area contributed by atoms with E-state index < -0.39 is 10.8 Å². The van der Waals surface area contributed by atoms with Crippen molar-refractivity contribution in [3.63, 3.8) is 0 Å². The van der Waals surface area contributed by atoms with Crippen molar-refractivity contribution < 1.29 is 4.18 Å². The first kappa shape index (κ1) is 6.02. The molecule has 0 aromatic heterocycles. The average molecular weight is 107 g/mol. The molecule has 0 saturated carbocycles. The minimum atomic E-state index is -1.08. The molecule has 0 aliphatic rings. The Kier molecular flexibility index (Phi) is 3.23. The van der Waals surface area contributed by atoms with Gasteiger partial charge in [-0.25, -0.2) is 4.61 Å². The van der Waals surface area contributed by atoms with Crippen LogP contribution >= 0.6 is 10.8 Å². The summed E-state index contributed by atoms with van der Waals surface area (Å²) in [5.74, 6) is 0.728. The Hall–Kier alpha value is 0.0200. The van der Waals surface area contributed by atoms with Crippen molar-refractivity contribution in [2.24, 2.45) is 0 Å². The maximum Gasteiger partial charge on any atom is 0.0513 e. The molecule has 0 radical (unpaired) electrons. The van der Waals surface area contributed by atoms with Crippen molar-refractivity contribution in [2.75, 3.05) is 12.9 Å². The maximum absolute atomic E-state index is 8.51. The van der Waals surface area contributed by atoms with E-state index >= 15 is 0 Å². The quantitative estimate of drug-likeness (QED) is 0.469. The Morgan fingerprint density at radius 1 is 1.83 bits per heavy atom. The molecule has 0 saturated heterocycles. The second kappa shape index (κ2) is 3.22. The van der Waals surface area contributed by atoms with Crippen LogP contribution in [0.15, 0.2) is 0 Å². The highest BCUT2D eigenvalue weighted by atomic mass is 32.2. The highest BCUT2D eigenvalue weighted by molar-refractivity contribution is 7.99. The largest absolute Gasteiger partial charge is 0.310 e. The summed E-state index contributed by atoms with van der Waals surface area (Å²) in [5, 5.41) is 0. The smallest absolute Gasteiger partial charge is 0.0513 e. The van der Waals surface area contributed by atoms with Gasteiger partial charge >= 0.3 is 0 Å². The zero-order valence-electron chi connectivity index (χ0n) is 4.01. The molecule has 0 aromatic carbocycles. The van der Waals surface area contributed by atoms with Crippen molar-refractivity contribution in [1.29, 1.82) is 4.61 Å². The van der Waals surface area contributed by atoms with Gasteiger partial charge < -0.3 is 4.18 Å². The third kappa shape index (κ3) is 2.27. The van der Waals surface area contributed by atoms with Crippen molar-refractivity contribution >= 4 is 10.8 Å². The average Bonchev–Trinajstić information content (AvgIpc) is 1.65. The van der Waals surface area contributed by atoms with Gasteiger partial charge in [-0.1, -0.05) is 6.92 Å². The van der Waals surface area contributed by atoms with Crippen LogP contribution < -0.4 is 0 Å². The standard InChI is InChI=1S/C3H9NOS/c1-3-6(4)5-2/h6H,3H2,1-2H3. The van der Waals surface area contributed by atoms with Crippen molar-refractivity contribution in [3.8, 4) is 0 Å². The van der Waals surface area contributed by atoms with E-state index in [1.165, 1.54) is 7.11 Å². The van der Waals surface area contributed by atoms with Gasteiger partial charge in [-0.05, 0) is 0 Å². The predicted octanol–water partition coefficient (Wildman–Crippen LogP) is 1.05. The summed E-state index contributed by atoms with van der Waals surface area (Å²) < 4.78 is 13.0. The van der Waals surface area contributed by atoms with E-state index in [9.17, 15) is 0 Å². The zero-order chi connectivity index (χ0) is 4.99. The van der Waals surface area contributed by atoms with E-state index in [-0.39, 0.29) is 0 Å². The van der Waals surface area contributed by atoms with Gasteiger partial charge in [0.05, 0.1) is 7.11 Å². The highest BCUT2D eigenvalue weighted by Gasteiger charge is 1.75. The van der Waals surface area contributed by atoms with Gasteiger partial charge in [-0.3, -0.25) is 0 Å². The Bertz CT molecular complexity index is 74.5. The molecule has 0 aromatic rings. The molecule has 0 heterocycles. The SMILES string of the molecule is CC[SH](#N)OC. The second-order valence-electron chi connectivity index (χ2n) is 0.851. The van der Waals surface area contributed by atoms with Gasteiger partial charge in [0.15, 0.2) is 0 Å². The van der Waals surface area contributed by atoms with Crippen LogP contribution in [0.25, 0.3) is 0 Å². The fourth-order valence-corrected chi connectivity index (χ4v) is 0.387. The fraction of sp³-hybridized carbons (Fsp3) is 1.00. The second-order valence-corrected chi connectivity index (χ2v) is 2.55. The third-order valence-electron chi connectivity index (χ3n) is 0.481. The van der Waals surface area contributed by atoms with E-state index in [4.69, 9.17) is 4.61 Å². The van der Waals surface area contributed by atoms with Crippen LogP contribution in [0.5, 0.6) is 0 Å². The van der Waals surface area contributed by atoms with E-state index in [0.29, 0.717) is 0 Å². The van der Waals surface area contributed by atoms with E-state index in [1.54, 1.807) is 0 Å². The number of hydrogen-bond donors (Lipinski definition) is 1. The minimum absolute atomic E-state index is 0.728. The van der Waals surface area contributed by atoms with Crippen LogP contribution in [-0.2, 0) is 4.18 Å². The molecule has 0 bridgehead atoms. The first-order valence-corrected chi connectivity index (χ1v) is 3.21. The van der Waals surface area contributed by atoms with Gasteiger partial charge in [-0.2, -0.15) is 0 Å². The third-order valence-corrected chi connectivity index (χ3v) is 1.44. The topological polar surface area (TPSA) is 33.0 Å². The van der Waals surface area contributed by atoms with Crippen molar-refractivity contribution in [1.82, 2.24) is 0 Å². The normalized spacial score (nSPS) is 14.2. The summed E-state index contributed by atoms with van der Waals surface area (Å²) in [6.45, 7) is 1.88. The molecule has 0 aliphatic heterocycles. The summed E-state index contributed by atoms with van der Waals surface area (Å²) in [7, 11) is 0.433. The van der Waals surface area contributed by atoms with Gasteiger partial charge in [0.1, 0.15) is 0 Å². The first-order chi connectivity index (χ1) is 2.81. The van der Waals surface area contributed by atoms with Crippen molar-refractivity contribution in [3.05, 3.63) is 0 Å². The predicted molar refractivity (Wildman–Crippen MR) is 28.3 cm³/mol. The Labute approximate surface area is 40.3 Å². The molecule has 0 spiro atoms. The molecule has 0 N–H and O–H groups in total. The van der Waals surface area contributed by atoms with Crippen LogP contribution in [0.4, 0.5) is 0 Å². The van der Waals surface area contributed by atoms with E-state index in [2.05, 4.69) is 4.18 Å². The summed E-state index contributed by atoms with van der Waals surface area (Å²) in [6.07, 6.45) is 0. The molecule has 0 rings (SSSR count). The molecule has 2 nitrogen and oxygen atoms in total. The van der Waals surface area contributed by atoms with Crippen LogP contribution in [0.3, 0.4) is 0 Å². The molecule has 3 heteroatoms. The van der Waals surface area contributed by atoms with Gasteiger partial charge in [0.2, 0.25) is 0 Å². The summed E-state index contributed by atoms with van der Waals surface area (Å²) in [5.41, 5.74) is 0. The molecule has 1 atom stereocenters. The number of thiol groups is 1. The summed E-state index contributed by atoms with van der Waals surface area (Å²) >= 11 is 0. The molecule has 38 valence electrons.